The lowest BCUT2D eigenvalue weighted by Gasteiger charge is -2.11. The molecule has 7 heteroatoms. The van der Waals surface area contributed by atoms with E-state index in [4.69, 9.17) is 0 Å². The first-order chi connectivity index (χ1) is 11.4. The van der Waals surface area contributed by atoms with Gasteiger partial charge in [-0.1, -0.05) is 32.0 Å². The second-order valence-electron chi connectivity index (χ2n) is 5.11. The van der Waals surface area contributed by atoms with Crippen molar-refractivity contribution in [3.05, 3.63) is 59.4 Å². The molecule has 0 atom stereocenters. The molecule has 24 heavy (non-hydrogen) atoms. The highest BCUT2D eigenvalue weighted by Gasteiger charge is 2.19. The van der Waals surface area contributed by atoms with Crippen LogP contribution in [0, 0.1) is 5.82 Å². The summed E-state index contributed by atoms with van der Waals surface area (Å²) in [5, 5.41) is 2.64. The molecule has 0 saturated carbocycles. The van der Waals surface area contributed by atoms with E-state index in [1.165, 1.54) is 0 Å². The van der Waals surface area contributed by atoms with Gasteiger partial charge in [-0.2, -0.15) is 0 Å². The fraction of sp³-hybridized carbons (Fsp3) is 0.235. The van der Waals surface area contributed by atoms with E-state index in [-0.39, 0.29) is 17.0 Å². The molecule has 2 N–H and O–H groups in total. The molecule has 0 bridgehead atoms. The van der Waals surface area contributed by atoms with Crippen molar-refractivity contribution in [2.75, 3.05) is 11.9 Å². The van der Waals surface area contributed by atoms with Crippen LogP contribution >= 0.6 is 0 Å². The van der Waals surface area contributed by atoms with Crippen LogP contribution in [0.4, 0.5) is 10.1 Å². The van der Waals surface area contributed by atoms with E-state index < -0.39 is 21.7 Å². The van der Waals surface area contributed by atoms with Crippen LogP contribution in [-0.4, -0.2) is 20.9 Å². The highest BCUT2D eigenvalue weighted by atomic mass is 32.2. The van der Waals surface area contributed by atoms with Crippen LogP contribution in [-0.2, 0) is 16.4 Å². The zero-order valence-electron chi connectivity index (χ0n) is 13.5. The number of aryl methyl sites for hydroxylation is 1. The maximum atomic E-state index is 14.0. The topological polar surface area (TPSA) is 75.3 Å². The molecule has 1 amide bonds. The predicted octanol–water partition coefficient (Wildman–Crippen LogP) is 2.94. The summed E-state index contributed by atoms with van der Waals surface area (Å²) in [4.78, 5) is 12.2. The van der Waals surface area contributed by atoms with E-state index >= 15 is 0 Å². The van der Waals surface area contributed by atoms with Gasteiger partial charge < -0.3 is 5.32 Å². The minimum atomic E-state index is -3.77. The molecule has 0 radical (unpaired) electrons. The molecule has 2 rings (SSSR count). The first-order valence-corrected chi connectivity index (χ1v) is 9.05. The third-order valence-corrected chi connectivity index (χ3v) is 5.02. The van der Waals surface area contributed by atoms with Gasteiger partial charge in [0.15, 0.2) is 0 Å². The molecule has 0 unspecified atom stereocenters. The van der Waals surface area contributed by atoms with Gasteiger partial charge in [0.25, 0.3) is 5.91 Å². The average Bonchev–Trinajstić information content (AvgIpc) is 2.55. The zero-order chi connectivity index (χ0) is 17.7. The van der Waals surface area contributed by atoms with Crippen LogP contribution in [0.3, 0.4) is 0 Å². The van der Waals surface area contributed by atoms with Crippen molar-refractivity contribution in [3.8, 4) is 0 Å². The van der Waals surface area contributed by atoms with Gasteiger partial charge in [0.05, 0.1) is 10.5 Å². The second kappa shape index (κ2) is 7.55. The molecule has 128 valence electrons. The van der Waals surface area contributed by atoms with Crippen LogP contribution < -0.4 is 10.0 Å². The van der Waals surface area contributed by atoms with E-state index in [2.05, 4.69) is 10.0 Å². The number of halogens is 1. The monoisotopic (exact) mass is 350 g/mol. The Morgan fingerprint density at radius 3 is 2.50 bits per heavy atom. The lowest BCUT2D eigenvalue weighted by Crippen LogP contribution is -2.24. The number of hydrogen-bond donors (Lipinski definition) is 2. The molecule has 0 aliphatic heterocycles. The minimum absolute atomic E-state index is 0.153. The number of nitrogens with one attached hydrogen (secondary N) is 2. The van der Waals surface area contributed by atoms with Crippen molar-refractivity contribution in [2.24, 2.45) is 0 Å². The van der Waals surface area contributed by atoms with Crippen molar-refractivity contribution in [1.29, 1.82) is 0 Å². The van der Waals surface area contributed by atoms with Gasteiger partial charge in [-0.3, -0.25) is 4.79 Å². The molecule has 5 nitrogen and oxygen atoms in total. The summed E-state index contributed by atoms with van der Waals surface area (Å²) in [7, 11) is -3.77. The number of anilines is 1. The number of amides is 1. The standard InChI is InChI=1S/C17H19FN2O3S/c1-3-12-7-5-6-8-16(12)20-17(21)14-11-13(9-10-15(14)18)24(22,23)19-4-2/h5-11,19H,3-4H2,1-2H3,(H,20,21). The Labute approximate surface area is 141 Å². The van der Waals surface area contributed by atoms with Gasteiger partial charge in [-0.15, -0.1) is 0 Å². The summed E-state index contributed by atoms with van der Waals surface area (Å²) in [5.41, 5.74) is 1.16. The van der Waals surface area contributed by atoms with Crippen molar-refractivity contribution in [2.45, 2.75) is 25.2 Å². The first kappa shape index (κ1) is 18.1. The third-order valence-electron chi connectivity index (χ3n) is 3.47. The molecule has 0 aliphatic carbocycles. The number of sulfonamides is 1. The average molecular weight is 350 g/mol. The normalized spacial score (nSPS) is 11.3. The van der Waals surface area contributed by atoms with Gasteiger partial charge >= 0.3 is 0 Å². The maximum Gasteiger partial charge on any atom is 0.258 e. The first-order valence-electron chi connectivity index (χ1n) is 7.57. The summed E-state index contributed by atoms with van der Waals surface area (Å²) < 4.78 is 40.3. The van der Waals surface area contributed by atoms with E-state index in [1.807, 2.05) is 19.1 Å². The third kappa shape index (κ3) is 3.98. The lowest BCUT2D eigenvalue weighted by molar-refractivity contribution is 0.102. The van der Waals surface area contributed by atoms with Gasteiger partial charge in [-0.05, 0) is 36.2 Å². The van der Waals surface area contributed by atoms with E-state index in [0.29, 0.717) is 12.1 Å². The summed E-state index contributed by atoms with van der Waals surface area (Å²) in [6, 6.07) is 10.3. The van der Waals surface area contributed by atoms with Gasteiger partial charge in [-0.25, -0.2) is 17.5 Å². The van der Waals surface area contributed by atoms with Gasteiger partial charge in [0, 0.05) is 12.2 Å². The Bertz CT molecular complexity index is 851. The van der Waals surface area contributed by atoms with E-state index in [1.54, 1.807) is 19.1 Å². The number of rotatable bonds is 6. The molecule has 2 aromatic rings. The Hall–Kier alpha value is -2.25. The second-order valence-corrected chi connectivity index (χ2v) is 6.87. The van der Waals surface area contributed by atoms with Crippen LogP contribution in [0.25, 0.3) is 0 Å². The highest BCUT2D eigenvalue weighted by molar-refractivity contribution is 7.89. The Morgan fingerprint density at radius 1 is 1.12 bits per heavy atom. The highest BCUT2D eigenvalue weighted by Crippen LogP contribution is 2.19. The molecule has 2 aromatic carbocycles. The van der Waals surface area contributed by atoms with Crippen molar-refractivity contribution < 1.29 is 17.6 Å². The molecule has 0 aliphatic rings. The smallest absolute Gasteiger partial charge is 0.258 e. The summed E-state index contributed by atoms with van der Waals surface area (Å²) in [6.07, 6.45) is 0.702. The zero-order valence-corrected chi connectivity index (χ0v) is 14.3. The van der Waals surface area contributed by atoms with Gasteiger partial charge in [0.2, 0.25) is 10.0 Å². The molecule has 0 fully saturated rings. The number of benzene rings is 2. The Balaban J connectivity index is 2.36. The maximum absolute atomic E-state index is 14.0. The van der Waals surface area contributed by atoms with Crippen LogP contribution in [0.15, 0.2) is 47.4 Å². The van der Waals surface area contributed by atoms with Crippen molar-refractivity contribution in [3.63, 3.8) is 0 Å². The van der Waals surface area contributed by atoms with Crippen molar-refractivity contribution >= 4 is 21.6 Å². The number of carbonyl (C=O) groups is 1. The molecular formula is C17H19FN2O3S. The summed E-state index contributed by atoms with van der Waals surface area (Å²) in [5.74, 6) is -1.47. The van der Waals surface area contributed by atoms with Crippen molar-refractivity contribution in [1.82, 2.24) is 4.72 Å². The Morgan fingerprint density at radius 2 is 1.83 bits per heavy atom. The number of para-hydroxylation sites is 1. The minimum Gasteiger partial charge on any atom is -0.322 e. The summed E-state index contributed by atoms with van der Waals surface area (Å²) in [6.45, 7) is 3.77. The van der Waals surface area contributed by atoms with E-state index in [9.17, 15) is 17.6 Å². The SMILES string of the molecule is CCNS(=O)(=O)c1ccc(F)c(C(=O)Nc2ccccc2CC)c1. The number of hydrogen-bond acceptors (Lipinski definition) is 3. The van der Waals surface area contributed by atoms with Crippen LogP contribution in [0.2, 0.25) is 0 Å². The Kier molecular flexibility index (Phi) is 5.69. The van der Waals surface area contributed by atoms with Crippen LogP contribution in [0.5, 0.6) is 0 Å². The molecular weight excluding hydrogens is 331 g/mol. The molecule has 0 aromatic heterocycles. The molecule has 0 heterocycles. The quantitative estimate of drug-likeness (QED) is 0.841. The molecule has 0 spiro atoms. The fourth-order valence-corrected chi connectivity index (χ4v) is 3.33. The predicted molar refractivity (Wildman–Crippen MR) is 91.0 cm³/mol. The number of carbonyl (C=O) groups excluding carboxylic acids is 1. The largest absolute Gasteiger partial charge is 0.322 e. The van der Waals surface area contributed by atoms with Gasteiger partial charge in [0.1, 0.15) is 5.82 Å². The fourth-order valence-electron chi connectivity index (χ4n) is 2.26. The molecule has 0 saturated heterocycles. The van der Waals surface area contributed by atoms with Crippen LogP contribution in [0.1, 0.15) is 29.8 Å². The lowest BCUT2D eigenvalue weighted by atomic mass is 10.1. The summed E-state index contributed by atoms with van der Waals surface area (Å²) >= 11 is 0. The van der Waals surface area contributed by atoms with E-state index in [0.717, 1.165) is 23.8 Å².